The van der Waals surface area contributed by atoms with E-state index in [-0.39, 0.29) is 5.25 Å². The number of thioether (sulfide) groups is 1. The predicted molar refractivity (Wildman–Crippen MR) is 44.3 cm³/mol. The average molecular weight is 166 g/mol. The minimum atomic E-state index is -0.824. The fourth-order valence-corrected chi connectivity index (χ4v) is 2.26. The van der Waals surface area contributed by atoms with Gasteiger partial charge in [-0.3, -0.25) is 0 Å². The average Bonchev–Trinajstić information content (AvgIpc) is 2.41. The summed E-state index contributed by atoms with van der Waals surface area (Å²) in [6.45, 7) is 0. The zero-order valence-corrected chi connectivity index (χ0v) is 6.47. The van der Waals surface area contributed by atoms with Crippen LogP contribution in [0.25, 0.3) is 0 Å². The van der Waals surface area contributed by atoms with Crippen molar-refractivity contribution >= 4 is 17.7 Å². The third-order valence-corrected chi connectivity index (χ3v) is 2.82. The summed E-state index contributed by atoms with van der Waals surface area (Å²) in [4.78, 5) is 10.6. The number of carbonyl (C=O) groups is 1. The molecule has 1 aliphatic carbocycles. The van der Waals surface area contributed by atoms with E-state index in [1.807, 2.05) is 18.2 Å². The second kappa shape index (κ2) is 2.27. The standard InChI is InChI=1S/C8H6O2S/c9-8(10)6-4-11-7-3-1-2-5(6)7/h1-4,7H,(H,9,10). The molecule has 56 valence electrons. The molecule has 0 bridgehead atoms. The summed E-state index contributed by atoms with van der Waals surface area (Å²) in [5, 5.41) is 10.7. The molecule has 0 amide bonds. The molecular weight excluding hydrogens is 160 g/mol. The van der Waals surface area contributed by atoms with Gasteiger partial charge in [-0.15, -0.1) is 11.8 Å². The van der Waals surface area contributed by atoms with Crippen LogP contribution in [-0.4, -0.2) is 16.3 Å². The molecule has 3 heteroatoms. The van der Waals surface area contributed by atoms with E-state index >= 15 is 0 Å². The Balaban J connectivity index is 2.34. The van der Waals surface area contributed by atoms with Crippen molar-refractivity contribution in [1.82, 2.24) is 0 Å². The van der Waals surface area contributed by atoms with Gasteiger partial charge in [0.25, 0.3) is 0 Å². The molecular formula is C8H6O2S. The van der Waals surface area contributed by atoms with E-state index < -0.39 is 5.97 Å². The lowest BCUT2D eigenvalue weighted by Gasteiger charge is -2.00. The fraction of sp³-hybridized carbons (Fsp3) is 0.125. The van der Waals surface area contributed by atoms with Crippen molar-refractivity contribution in [3.05, 3.63) is 34.8 Å². The van der Waals surface area contributed by atoms with E-state index in [0.717, 1.165) is 5.57 Å². The highest BCUT2D eigenvalue weighted by molar-refractivity contribution is 8.03. The summed E-state index contributed by atoms with van der Waals surface area (Å²) in [5.41, 5.74) is 1.38. The molecule has 0 aromatic rings. The summed E-state index contributed by atoms with van der Waals surface area (Å²) in [6.07, 6.45) is 5.78. The number of fused-ring (bicyclic) bond motifs is 1. The largest absolute Gasteiger partial charge is 0.478 e. The molecule has 11 heavy (non-hydrogen) atoms. The van der Waals surface area contributed by atoms with Gasteiger partial charge < -0.3 is 5.11 Å². The number of carboxylic acids is 1. The molecule has 1 N–H and O–H groups in total. The first kappa shape index (κ1) is 6.73. The molecule has 1 heterocycles. The van der Waals surface area contributed by atoms with Crippen LogP contribution in [0.1, 0.15) is 0 Å². The van der Waals surface area contributed by atoms with Gasteiger partial charge >= 0.3 is 5.97 Å². The van der Waals surface area contributed by atoms with Gasteiger partial charge in [0.1, 0.15) is 0 Å². The Labute approximate surface area is 68.3 Å². The van der Waals surface area contributed by atoms with Crippen molar-refractivity contribution in [3.8, 4) is 0 Å². The number of carboxylic acid groups (broad SMARTS) is 1. The molecule has 2 aliphatic rings. The first-order valence-electron chi connectivity index (χ1n) is 3.27. The van der Waals surface area contributed by atoms with Gasteiger partial charge in [0.05, 0.1) is 10.8 Å². The maximum atomic E-state index is 10.6. The number of rotatable bonds is 1. The quantitative estimate of drug-likeness (QED) is 0.642. The Bertz CT molecular complexity index is 299. The Kier molecular flexibility index (Phi) is 1.39. The van der Waals surface area contributed by atoms with Gasteiger partial charge in [0.2, 0.25) is 0 Å². The Morgan fingerprint density at radius 2 is 2.45 bits per heavy atom. The van der Waals surface area contributed by atoms with Crippen LogP contribution in [0.3, 0.4) is 0 Å². The minimum absolute atomic E-state index is 0.265. The summed E-state index contributed by atoms with van der Waals surface area (Å²) >= 11 is 1.55. The lowest BCUT2D eigenvalue weighted by molar-refractivity contribution is -0.132. The number of hydrogen-bond acceptors (Lipinski definition) is 2. The highest BCUT2D eigenvalue weighted by Gasteiger charge is 2.27. The zero-order chi connectivity index (χ0) is 7.84. The Morgan fingerprint density at radius 3 is 3.18 bits per heavy atom. The minimum Gasteiger partial charge on any atom is -0.478 e. The van der Waals surface area contributed by atoms with Gasteiger partial charge in [0, 0.05) is 0 Å². The van der Waals surface area contributed by atoms with Crippen LogP contribution in [-0.2, 0) is 4.79 Å². The van der Waals surface area contributed by atoms with E-state index in [0.29, 0.717) is 5.57 Å². The molecule has 1 aliphatic heterocycles. The van der Waals surface area contributed by atoms with Gasteiger partial charge in [-0.25, -0.2) is 4.79 Å². The summed E-state index contributed by atoms with van der Waals surface area (Å²) < 4.78 is 0. The molecule has 0 aromatic carbocycles. The van der Waals surface area contributed by atoms with E-state index in [2.05, 4.69) is 0 Å². The van der Waals surface area contributed by atoms with Crippen LogP contribution in [0.2, 0.25) is 0 Å². The third-order valence-electron chi connectivity index (χ3n) is 1.74. The van der Waals surface area contributed by atoms with Gasteiger partial charge in [-0.2, -0.15) is 0 Å². The Morgan fingerprint density at radius 1 is 1.64 bits per heavy atom. The van der Waals surface area contributed by atoms with Gasteiger partial charge in [-0.1, -0.05) is 18.2 Å². The van der Waals surface area contributed by atoms with E-state index in [4.69, 9.17) is 5.11 Å². The van der Waals surface area contributed by atoms with Gasteiger partial charge in [0.15, 0.2) is 0 Å². The summed E-state index contributed by atoms with van der Waals surface area (Å²) in [5.74, 6) is -0.824. The SMILES string of the molecule is O=C(O)C1=CSC2C=CC=C12. The second-order valence-electron chi connectivity index (χ2n) is 2.40. The second-order valence-corrected chi connectivity index (χ2v) is 3.42. The molecule has 0 radical (unpaired) electrons. The Hall–Kier alpha value is -0.960. The molecule has 1 unspecified atom stereocenters. The monoisotopic (exact) mass is 166 g/mol. The third kappa shape index (κ3) is 0.922. The van der Waals surface area contributed by atoms with E-state index in [9.17, 15) is 4.79 Å². The van der Waals surface area contributed by atoms with Crippen LogP contribution in [0.5, 0.6) is 0 Å². The molecule has 0 saturated carbocycles. The van der Waals surface area contributed by atoms with Gasteiger partial charge in [-0.05, 0) is 11.0 Å². The van der Waals surface area contributed by atoms with Crippen LogP contribution in [0.15, 0.2) is 34.8 Å². The normalized spacial score (nSPS) is 26.4. The van der Waals surface area contributed by atoms with Crippen molar-refractivity contribution in [2.45, 2.75) is 5.25 Å². The van der Waals surface area contributed by atoms with E-state index in [1.165, 1.54) is 0 Å². The molecule has 0 aromatic heterocycles. The highest BCUT2D eigenvalue weighted by Crippen LogP contribution is 2.38. The maximum Gasteiger partial charge on any atom is 0.336 e. The molecule has 2 rings (SSSR count). The van der Waals surface area contributed by atoms with Crippen LogP contribution >= 0.6 is 11.8 Å². The van der Waals surface area contributed by atoms with E-state index in [1.54, 1.807) is 17.2 Å². The molecule has 0 saturated heterocycles. The predicted octanol–water partition coefficient (Wildman–Crippen LogP) is 1.57. The van der Waals surface area contributed by atoms with Crippen molar-refractivity contribution in [2.24, 2.45) is 0 Å². The smallest absolute Gasteiger partial charge is 0.336 e. The maximum absolute atomic E-state index is 10.6. The van der Waals surface area contributed by atoms with Crippen molar-refractivity contribution in [3.63, 3.8) is 0 Å². The van der Waals surface area contributed by atoms with Crippen LogP contribution < -0.4 is 0 Å². The van der Waals surface area contributed by atoms with Crippen LogP contribution in [0, 0.1) is 0 Å². The molecule has 0 fully saturated rings. The molecule has 2 nitrogen and oxygen atoms in total. The lowest BCUT2D eigenvalue weighted by atomic mass is 10.1. The summed E-state index contributed by atoms with van der Waals surface area (Å²) in [7, 11) is 0. The van der Waals surface area contributed by atoms with Crippen molar-refractivity contribution < 1.29 is 9.90 Å². The first-order chi connectivity index (χ1) is 5.29. The number of aliphatic carboxylic acids is 1. The zero-order valence-electron chi connectivity index (χ0n) is 5.65. The topological polar surface area (TPSA) is 37.3 Å². The molecule has 1 atom stereocenters. The first-order valence-corrected chi connectivity index (χ1v) is 4.21. The van der Waals surface area contributed by atoms with Crippen LogP contribution in [0.4, 0.5) is 0 Å². The van der Waals surface area contributed by atoms with Crippen molar-refractivity contribution in [1.29, 1.82) is 0 Å². The highest BCUT2D eigenvalue weighted by atomic mass is 32.2. The number of allylic oxidation sites excluding steroid dienone is 2. The summed E-state index contributed by atoms with van der Waals surface area (Å²) in [6, 6.07) is 0. The lowest BCUT2D eigenvalue weighted by Crippen LogP contribution is -2.03. The van der Waals surface area contributed by atoms with Crippen molar-refractivity contribution in [2.75, 3.05) is 0 Å². The number of hydrogen-bond donors (Lipinski definition) is 1. The molecule has 0 spiro atoms. The fourth-order valence-electron chi connectivity index (χ4n) is 1.20.